The molecule has 2 fully saturated rings. The second-order valence-electron chi connectivity index (χ2n) is 8.55. The molecular weight excluding hydrogens is 421 g/mol. The Morgan fingerprint density at radius 3 is 2.50 bits per heavy atom. The van der Waals surface area contributed by atoms with E-state index >= 15 is 0 Å². The van der Waals surface area contributed by atoms with Crippen LogP contribution < -0.4 is 10.1 Å². The molecule has 1 aliphatic heterocycles. The lowest BCUT2D eigenvalue weighted by Gasteiger charge is -2.44. The number of aliphatic hydroxyl groups is 1. The van der Waals surface area contributed by atoms with Gasteiger partial charge in [-0.15, -0.1) is 0 Å². The van der Waals surface area contributed by atoms with Gasteiger partial charge in [-0.25, -0.2) is 0 Å². The highest BCUT2D eigenvalue weighted by Gasteiger charge is 2.53. The summed E-state index contributed by atoms with van der Waals surface area (Å²) in [5, 5.41) is 13.5. The zero-order chi connectivity index (χ0) is 21.4. The monoisotopic (exact) mass is 447 g/mol. The van der Waals surface area contributed by atoms with Crippen molar-refractivity contribution in [1.29, 1.82) is 0 Å². The van der Waals surface area contributed by atoms with E-state index in [0.717, 1.165) is 12.0 Å². The third kappa shape index (κ3) is 3.93. The lowest BCUT2D eigenvalue weighted by Crippen LogP contribution is -2.39. The van der Waals surface area contributed by atoms with Gasteiger partial charge in [0, 0.05) is 22.0 Å². The lowest BCUT2D eigenvalue weighted by molar-refractivity contribution is -0.125. The van der Waals surface area contributed by atoms with Crippen molar-refractivity contribution in [3.05, 3.63) is 63.6 Å². The molecule has 6 heteroatoms. The fraction of sp³-hybridized carbons (Fsp3) is 0.458. The summed E-state index contributed by atoms with van der Waals surface area (Å²) in [5.41, 5.74) is 2.26. The second-order valence-corrected chi connectivity index (χ2v) is 9.40. The molecule has 4 rings (SSSR count). The molecule has 0 unspecified atom stereocenters. The molecule has 1 saturated heterocycles. The van der Waals surface area contributed by atoms with Crippen LogP contribution in [0.5, 0.6) is 5.75 Å². The topological polar surface area (TPSA) is 58.6 Å². The van der Waals surface area contributed by atoms with E-state index in [2.05, 4.69) is 31.3 Å². The number of ether oxygens (including phenoxy) is 1. The van der Waals surface area contributed by atoms with Gasteiger partial charge >= 0.3 is 0 Å². The number of rotatable bonds is 5. The molecule has 2 aromatic carbocycles. The summed E-state index contributed by atoms with van der Waals surface area (Å²) in [5.74, 6) is 1.59. The average Bonchev–Trinajstić information content (AvgIpc) is 3.02. The molecule has 2 aliphatic rings. The minimum Gasteiger partial charge on any atom is -0.491 e. The second kappa shape index (κ2) is 8.78. The molecule has 1 aliphatic carbocycles. The predicted octanol–water partition coefficient (Wildman–Crippen LogP) is 5.02. The fourth-order valence-electron chi connectivity index (χ4n) is 5.56. The Balaban J connectivity index is 1.77. The molecule has 4 nitrogen and oxygen atoms in total. The number of hydrogen-bond donors (Lipinski definition) is 2. The van der Waals surface area contributed by atoms with E-state index in [1.807, 2.05) is 30.3 Å². The molecule has 0 spiro atoms. The number of aliphatic hydroxyl groups excluding tert-OH is 1. The molecule has 0 aromatic heterocycles. The number of benzene rings is 2. The van der Waals surface area contributed by atoms with E-state index < -0.39 is 0 Å². The van der Waals surface area contributed by atoms with Crippen LogP contribution in [0, 0.1) is 17.8 Å². The largest absolute Gasteiger partial charge is 0.491 e. The summed E-state index contributed by atoms with van der Waals surface area (Å²) in [4.78, 5) is 12.7. The van der Waals surface area contributed by atoms with E-state index in [9.17, 15) is 4.79 Å². The van der Waals surface area contributed by atoms with E-state index in [1.54, 1.807) is 0 Å². The van der Waals surface area contributed by atoms with Gasteiger partial charge in [0.15, 0.2) is 0 Å². The number of halogens is 2. The van der Waals surface area contributed by atoms with Crippen LogP contribution in [-0.2, 0) is 4.79 Å². The Hall–Kier alpha value is -1.75. The molecule has 1 heterocycles. The zero-order valence-electron chi connectivity index (χ0n) is 17.1. The Kier molecular flexibility index (Phi) is 6.29. The van der Waals surface area contributed by atoms with Gasteiger partial charge in [0.2, 0.25) is 5.91 Å². The Bertz CT molecular complexity index is 917. The molecule has 6 atom stereocenters. The van der Waals surface area contributed by atoms with Gasteiger partial charge in [-0.2, -0.15) is 0 Å². The third-order valence-corrected chi connectivity index (χ3v) is 7.32. The van der Waals surface area contributed by atoms with Gasteiger partial charge < -0.3 is 15.2 Å². The molecular formula is C24H27Cl2NO3. The summed E-state index contributed by atoms with van der Waals surface area (Å²) in [6, 6.07) is 13.9. The van der Waals surface area contributed by atoms with Gasteiger partial charge in [-0.3, -0.25) is 4.79 Å². The van der Waals surface area contributed by atoms with Crippen molar-refractivity contribution in [3.63, 3.8) is 0 Å². The summed E-state index contributed by atoms with van der Waals surface area (Å²) >= 11 is 12.9. The highest BCUT2D eigenvalue weighted by molar-refractivity contribution is 6.31. The molecule has 0 bridgehead atoms. The van der Waals surface area contributed by atoms with Gasteiger partial charge in [0.05, 0.1) is 6.61 Å². The molecule has 1 amide bonds. The maximum Gasteiger partial charge on any atom is 0.223 e. The van der Waals surface area contributed by atoms with Gasteiger partial charge in [-0.1, -0.05) is 48.3 Å². The summed E-state index contributed by atoms with van der Waals surface area (Å²) in [6.45, 7) is 4.47. The van der Waals surface area contributed by atoms with Gasteiger partial charge in [-0.05, 0) is 72.4 Å². The Labute approximate surface area is 187 Å². The standard InChI is InChI=1S/C24H27Cl2NO3/c1-13-11-19(18-8-7-17(12-20(18)26)30-10-9-28)23(15-3-5-16(25)6-4-15)22-14(2)27-24(29)21(13)22/h3-8,12-14,19,21-23,28H,9-11H2,1-2H3,(H,27,29)/t13-,14-,19+,21-,22-,23+/m1/s1. The zero-order valence-corrected chi connectivity index (χ0v) is 18.7. The van der Waals surface area contributed by atoms with E-state index in [0.29, 0.717) is 15.8 Å². The van der Waals surface area contributed by atoms with Crippen molar-refractivity contribution in [2.24, 2.45) is 17.8 Å². The Morgan fingerprint density at radius 1 is 1.10 bits per heavy atom. The number of hydrogen-bond acceptors (Lipinski definition) is 3. The van der Waals surface area contributed by atoms with Gasteiger partial charge in [0.1, 0.15) is 12.4 Å². The van der Waals surface area contributed by atoms with Crippen LogP contribution in [0.1, 0.15) is 43.2 Å². The summed E-state index contributed by atoms with van der Waals surface area (Å²) in [6.07, 6.45) is 0.880. The smallest absolute Gasteiger partial charge is 0.223 e. The van der Waals surface area contributed by atoms with Crippen molar-refractivity contribution in [2.45, 2.75) is 38.1 Å². The van der Waals surface area contributed by atoms with Crippen molar-refractivity contribution in [3.8, 4) is 5.75 Å². The number of carbonyl (C=O) groups is 1. The number of amides is 1. The molecule has 30 heavy (non-hydrogen) atoms. The minimum absolute atomic E-state index is 0.00265. The number of carbonyl (C=O) groups excluding carboxylic acids is 1. The fourth-order valence-corrected chi connectivity index (χ4v) is 6.00. The molecule has 1 saturated carbocycles. The molecule has 2 aromatic rings. The molecule has 0 radical (unpaired) electrons. The highest BCUT2D eigenvalue weighted by atomic mass is 35.5. The first-order chi connectivity index (χ1) is 14.4. The molecule has 2 N–H and O–H groups in total. The lowest BCUT2D eigenvalue weighted by atomic mass is 9.58. The average molecular weight is 448 g/mol. The van der Waals surface area contributed by atoms with Crippen LogP contribution in [0.15, 0.2) is 42.5 Å². The first-order valence-electron chi connectivity index (χ1n) is 10.5. The van der Waals surface area contributed by atoms with Crippen LogP contribution in [-0.4, -0.2) is 30.3 Å². The number of nitrogens with one attached hydrogen (secondary N) is 1. The molecule has 160 valence electrons. The van der Waals surface area contributed by atoms with Crippen molar-refractivity contribution < 1.29 is 14.6 Å². The van der Waals surface area contributed by atoms with Crippen LogP contribution >= 0.6 is 23.2 Å². The first kappa shape index (κ1) is 21.5. The van der Waals surface area contributed by atoms with Crippen LogP contribution in [0.4, 0.5) is 0 Å². The van der Waals surface area contributed by atoms with E-state index in [4.69, 9.17) is 33.0 Å². The van der Waals surface area contributed by atoms with E-state index in [-0.39, 0.29) is 54.8 Å². The normalized spacial score (nSPS) is 30.6. The number of fused-ring (bicyclic) bond motifs is 1. The van der Waals surface area contributed by atoms with Crippen LogP contribution in [0.3, 0.4) is 0 Å². The maximum atomic E-state index is 12.7. The van der Waals surface area contributed by atoms with Crippen molar-refractivity contribution in [1.82, 2.24) is 5.32 Å². The summed E-state index contributed by atoms with van der Waals surface area (Å²) in [7, 11) is 0. The summed E-state index contributed by atoms with van der Waals surface area (Å²) < 4.78 is 5.52. The van der Waals surface area contributed by atoms with Gasteiger partial charge in [0.25, 0.3) is 0 Å². The van der Waals surface area contributed by atoms with E-state index in [1.165, 1.54) is 5.56 Å². The highest BCUT2D eigenvalue weighted by Crippen LogP contribution is 2.56. The first-order valence-corrected chi connectivity index (χ1v) is 11.2. The maximum absolute atomic E-state index is 12.7. The van der Waals surface area contributed by atoms with Crippen LogP contribution in [0.25, 0.3) is 0 Å². The minimum atomic E-state index is -0.0415. The Morgan fingerprint density at radius 2 is 1.83 bits per heavy atom. The predicted molar refractivity (Wildman–Crippen MR) is 119 cm³/mol. The SMILES string of the molecule is C[C@@H]1C[C@@H](c2ccc(OCCO)cc2Cl)[C@H](c2ccc(Cl)cc2)[C@H]2[C@@H]1C(=O)N[C@@H]2C. The van der Waals surface area contributed by atoms with Crippen molar-refractivity contribution in [2.75, 3.05) is 13.2 Å². The van der Waals surface area contributed by atoms with Crippen LogP contribution in [0.2, 0.25) is 10.0 Å². The van der Waals surface area contributed by atoms with Crippen molar-refractivity contribution >= 4 is 29.1 Å². The third-order valence-electron chi connectivity index (χ3n) is 6.74. The quantitative estimate of drug-likeness (QED) is 0.675.